The number of carbonyl (C=O) groups is 1. The number of carboxylic acid groups (broad SMARTS) is 1. The molecule has 0 aromatic carbocycles. The zero-order chi connectivity index (χ0) is 3.58. The van der Waals surface area contributed by atoms with Gasteiger partial charge in [-0.25, -0.2) is 0 Å². The molecule has 0 unspecified atom stereocenters. The first-order valence-corrected chi connectivity index (χ1v) is 0.928. The van der Waals surface area contributed by atoms with Gasteiger partial charge in [0.05, 0.1) is 0 Å². The van der Waals surface area contributed by atoms with Crippen molar-refractivity contribution in [1.29, 1.82) is 0 Å². The lowest BCUT2D eigenvalue weighted by molar-refractivity contribution is -0.134. The molecule has 0 aliphatic heterocycles. The van der Waals surface area contributed by atoms with E-state index in [1.807, 2.05) is 0 Å². The molecule has 0 radical (unpaired) electrons. The summed E-state index contributed by atoms with van der Waals surface area (Å²) in [6.07, 6.45) is 0. The van der Waals surface area contributed by atoms with Crippen LogP contribution in [0.1, 0.15) is 29.2 Å². The van der Waals surface area contributed by atoms with Crippen LogP contribution in [0, 0.1) is 0 Å². The molecule has 1 N–H and O–H groups in total. The van der Waals surface area contributed by atoms with Gasteiger partial charge in [0.1, 0.15) is 0 Å². The average molecular weight is 108 g/mol. The van der Waals surface area contributed by atoms with Crippen molar-refractivity contribution in [2.45, 2.75) is 29.2 Å². The Bertz CT molecular complexity index is 29.1. The standard InChI is InChI=1S/C2H4O2.3CH4/c1-2(3)4;;;/h1H3,(H,3,4);3*1H4. The number of rotatable bonds is 0. The highest BCUT2D eigenvalue weighted by Gasteiger charge is 1.65. The maximum absolute atomic E-state index is 9.00. The minimum atomic E-state index is -0.833. The lowest BCUT2D eigenvalue weighted by atomic mass is 10.9. The van der Waals surface area contributed by atoms with Crippen LogP contribution in [-0.2, 0) is 4.79 Å². The summed E-state index contributed by atoms with van der Waals surface area (Å²) < 4.78 is 0. The van der Waals surface area contributed by atoms with E-state index < -0.39 is 5.97 Å². The Morgan fingerprint density at radius 3 is 1.29 bits per heavy atom. The van der Waals surface area contributed by atoms with Gasteiger partial charge >= 0.3 is 0 Å². The maximum Gasteiger partial charge on any atom is 0.300 e. The Morgan fingerprint density at radius 1 is 1.29 bits per heavy atom. The van der Waals surface area contributed by atoms with Crippen LogP contribution in [0.5, 0.6) is 0 Å². The second kappa shape index (κ2) is 17.9. The van der Waals surface area contributed by atoms with E-state index in [0.717, 1.165) is 6.92 Å². The molecule has 0 saturated carbocycles. The van der Waals surface area contributed by atoms with Crippen LogP contribution < -0.4 is 0 Å². The monoisotopic (exact) mass is 108 g/mol. The van der Waals surface area contributed by atoms with Crippen molar-refractivity contribution < 1.29 is 9.90 Å². The van der Waals surface area contributed by atoms with Crippen molar-refractivity contribution in [3.05, 3.63) is 0 Å². The van der Waals surface area contributed by atoms with Gasteiger partial charge < -0.3 is 5.11 Å². The molecule has 0 heterocycles. The minimum Gasteiger partial charge on any atom is -0.481 e. The zero-order valence-electron chi connectivity index (χ0n) is 2.36. The van der Waals surface area contributed by atoms with E-state index in [0.29, 0.717) is 0 Å². The topological polar surface area (TPSA) is 37.3 Å². The largest absolute Gasteiger partial charge is 0.481 e. The summed E-state index contributed by atoms with van der Waals surface area (Å²) in [6.45, 7) is 1.08. The summed E-state index contributed by atoms with van der Waals surface area (Å²) in [7, 11) is 0. The molecule has 0 atom stereocenters. The first kappa shape index (κ1) is 31.7. The van der Waals surface area contributed by atoms with E-state index in [9.17, 15) is 0 Å². The van der Waals surface area contributed by atoms with Crippen molar-refractivity contribution >= 4 is 5.97 Å². The summed E-state index contributed by atoms with van der Waals surface area (Å²) in [4.78, 5) is 9.00. The minimum absolute atomic E-state index is 0. The van der Waals surface area contributed by atoms with Crippen LogP contribution in [0.15, 0.2) is 0 Å². The molecule has 0 fully saturated rings. The summed E-state index contributed by atoms with van der Waals surface area (Å²) >= 11 is 0. The molecule has 0 aliphatic carbocycles. The normalized spacial score (nSPS) is 3.57. The van der Waals surface area contributed by atoms with Crippen LogP contribution in [0.4, 0.5) is 0 Å². The van der Waals surface area contributed by atoms with E-state index in [-0.39, 0.29) is 22.3 Å². The van der Waals surface area contributed by atoms with Gasteiger partial charge in [-0.05, 0) is 0 Å². The van der Waals surface area contributed by atoms with Gasteiger partial charge in [0.15, 0.2) is 0 Å². The summed E-state index contributed by atoms with van der Waals surface area (Å²) in [5.41, 5.74) is 0. The van der Waals surface area contributed by atoms with Gasteiger partial charge in [-0.2, -0.15) is 0 Å². The highest BCUT2D eigenvalue weighted by atomic mass is 16.4. The molecule has 0 amide bonds. The van der Waals surface area contributed by atoms with Crippen LogP contribution in [0.3, 0.4) is 0 Å². The van der Waals surface area contributed by atoms with Crippen molar-refractivity contribution in [2.24, 2.45) is 0 Å². The van der Waals surface area contributed by atoms with E-state index in [1.54, 1.807) is 0 Å². The Kier molecular flexibility index (Phi) is 81.2. The molecule has 0 aromatic rings. The van der Waals surface area contributed by atoms with Gasteiger partial charge in [-0.15, -0.1) is 0 Å². The fraction of sp³-hybridized carbons (Fsp3) is 0.800. The molecule has 0 saturated heterocycles. The molecular formula is C5H16O2. The van der Waals surface area contributed by atoms with Crippen LogP contribution in [0.2, 0.25) is 0 Å². The van der Waals surface area contributed by atoms with Crippen LogP contribution in [-0.4, -0.2) is 11.1 Å². The number of hydrogen-bond donors (Lipinski definition) is 1. The Morgan fingerprint density at radius 2 is 1.29 bits per heavy atom. The van der Waals surface area contributed by atoms with Crippen molar-refractivity contribution in [2.75, 3.05) is 0 Å². The predicted molar refractivity (Wildman–Crippen MR) is 33.5 cm³/mol. The van der Waals surface area contributed by atoms with E-state index in [2.05, 4.69) is 0 Å². The first-order valence-electron chi connectivity index (χ1n) is 0.928. The van der Waals surface area contributed by atoms with Gasteiger partial charge in [-0.1, -0.05) is 22.3 Å². The average Bonchev–Trinajstić information content (AvgIpc) is 0.811. The van der Waals surface area contributed by atoms with Gasteiger partial charge in [-0.3, -0.25) is 4.79 Å². The summed E-state index contributed by atoms with van der Waals surface area (Å²) in [5, 5.41) is 7.42. The first-order chi connectivity index (χ1) is 1.73. The molecule has 0 aromatic heterocycles. The Balaban J connectivity index is -0.0000000150. The molecule has 48 valence electrons. The van der Waals surface area contributed by atoms with Crippen molar-refractivity contribution in [1.82, 2.24) is 0 Å². The third-order valence-electron chi connectivity index (χ3n) is 0. The second-order valence-electron chi connectivity index (χ2n) is 0.519. The zero-order valence-corrected chi connectivity index (χ0v) is 2.36. The fourth-order valence-electron chi connectivity index (χ4n) is 0. The number of hydrogen-bond acceptors (Lipinski definition) is 1. The Hall–Kier alpha value is -0.530. The molecule has 0 spiro atoms. The summed E-state index contributed by atoms with van der Waals surface area (Å²) in [5.74, 6) is -0.833. The third-order valence-corrected chi connectivity index (χ3v) is 0. The quantitative estimate of drug-likeness (QED) is 0.515. The molecule has 2 heteroatoms. The fourth-order valence-corrected chi connectivity index (χ4v) is 0. The molecular weight excluding hydrogens is 92.1 g/mol. The van der Waals surface area contributed by atoms with Crippen LogP contribution in [0.25, 0.3) is 0 Å². The lowest BCUT2D eigenvalue weighted by Gasteiger charge is -1.59. The summed E-state index contributed by atoms with van der Waals surface area (Å²) in [6, 6.07) is 0. The smallest absolute Gasteiger partial charge is 0.300 e. The van der Waals surface area contributed by atoms with Crippen LogP contribution >= 0.6 is 0 Å². The van der Waals surface area contributed by atoms with Gasteiger partial charge in [0.25, 0.3) is 5.97 Å². The van der Waals surface area contributed by atoms with Gasteiger partial charge in [0.2, 0.25) is 0 Å². The van der Waals surface area contributed by atoms with Crippen molar-refractivity contribution in [3.63, 3.8) is 0 Å². The number of carboxylic acids is 1. The maximum atomic E-state index is 9.00. The number of aliphatic carboxylic acids is 1. The van der Waals surface area contributed by atoms with E-state index in [4.69, 9.17) is 9.90 Å². The van der Waals surface area contributed by atoms with Crippen molar-refractivity contribution in [3.8, 4) is 0 Å². The molecule has 2 nitrogen and oxygen atoms in total. The highest BCUT2D eigenvalue weighted by Crippen LogP contribution is 1.42. The SMILES string of the molecule is C.C.C.CC(=O)O. The highest BCUT2D eigenvalue weighted by molar-refractivity contribution is 5.62. The predicted octanol–water partition coefficient (Wildman–Crippen LogP) is 2.00. The van der Waals surface area contributed by atoms with Gasteiger partial charge in [0, 0.05) is 6.92 Å². The van der Waals surface area contributed by atoms with E-state index >= 15 is 0 Å². The lowest BCUT2D eigenvalue weighted by Crippen LogP contribution is -1.78. The van der Waals surface area contributed by atoms with E-state index in [1.165, 1.54) is 0 Å². The molecule has 7 heavy (non-hydrogen) atoms. The second-order valence-corrected chi connectivity index (χ2v) is 0.519. The molecule has 0 bridgehead atoms. The third kappa shape index (κ3) is 234. The molecule has 0 aliphatic rings. The Labute approximate surface area is 46.2 Å². The molecule has 0 rings (SSSR count).